The molecule has 0 unspecified atom stereocenters. The molecule has 0 saturated carbocycles. The van der Waals surface area contributed by atoms with Gasteiger partial charge in [-0.25, -0.2) is 14.0 Å². The molecule has 0 fully saturated rings. The topological polar surface area (TPSA) is 87.5 Å². The van der Waals surface area contributed by atoms with Crippen LogP contribution in [0.3, 0.4) is 0 Å². The van der Waals surface area contributed by atoms with Crippen LogP contribution in [0.1, 0.15) is 37.7 Å². The molecule has 0 atom stereocenters. The van der Waals surface area contributed by atoms with Crippen LogP contribution in [0.4, 0.5) is 5.69 Å². The maximum absolute atomic E-state index is 12.5. The van der Waals surface area contributed by atoms with Gasteiger partial charge in [-0.15, -0.1) is 0 Å². The van der Waals surface area contributed by atoms with Crippen LogP contribution in [0.2, 0.25) is 10.0 Å². The fourth-order valence-corrected chi connectivity index (χ4v) is 5.80. The predicted molar refractivity (Wildman–Crippen MR) is 162 cm³/mol. The number of hydrogen-bond acceptors (Lipinski definition) is 4. The second-order valence-electron chi connectivity index (χ2n) is 10.6. The van der Waals surface area contributed by atoms with Gasteiger partial charge in [0.25, 0.3) is 0 Å². The fraction of sp³-hybridized carbons (Fsp3) is 0.167. The molecule has 0 radical (unpaired) electrons. The van der Waals surface area contributed by atoms with E-state index >= 15 is 0 Å². The molecule has 1 aliphatic rings. The number of allylic oxidation sites excluding steroid dienone is 1. The van der Waals surface area contributed by atoms with E-state index in [4.69, 9.17) is 28.2 Å². The van der Waals surface area contributed by atoms with E-state index in [1.165, 1.54) is 0 Å². The number of halogens is 2. The Hall–Kier alpha value is -3.72. The Morgan fingerprint density at radius 2 is 1.73 bits per heavy atom. The molecule has 1 aliphatic heterocycles. The third-order valence-electron chi connectivity index (χ3n) is 6.20. The molecule has 0 aliphatic carbocycles. The number of nitrogens with zero attached hydrogens (tertiary/aromatic N) is 3. The number of imidazole rings is 1. The van der Waals surface area contributed by atoms with Crippen molar-refractivity contribution in [2.24, 2.45) is 5.41 Å². The van der Waals surface area contributed by atoms with Gasteiger partial charge in [-0.3, -0.25) is 0 Å². The maximum atomic E-state index is 12.5. The minimum absolute atomic E-state index is 0.0936. The first-order valence-electron chi connectivity index (χ1n) is 12.5. The Kier molecular flexibility index (Phi) is 7.44. The molecule has 10 heteroatoms. The molecule has 5 rings (SSSR count). The number of aliphatic hydroxyl groups excluding tert-OH is 1. The van der Waals surface area contributed by atoms with Crippen molar-refractivity contribution >= 4 is 45.2 Å². The van der Waals surface area contributed by atoms with Crippen LogP contribution in [0.5, 0.6) is 0 Å². The van der Waals surface area contributed by atoms with Crippen molar-refractivity contribution in [2.75, 3.05) is 4.31 Å². The summed E-state index contributed by atoms with van der Waals surface area (Å²) in [6, 6.07) is 20.5. The SMILES string of the molecule is CC(C)(C)C=Cc1ccc(Cc2nc(-c3ccc(Cl)cc3Cl)cn2-c2cccc(N3C=C(O)NS3(=O)=O)c2)cc1. The van der Waals surface area contributed by atoms with Gasteiger partial charge in [0.1, 0.15) is 5.82 Å². The zero-order chi connectivity index (χ0) is 28.7. The first kappa shape index (κ1) is 27.8. The number of rotatable bonds is 6. The zero-order valence-corrected chi connectivity index (χ0v) is 24.5. The largest absolute Gasteiger partial charge is 0.493 e. The molecule has 1 aromatic heterocycles. The van der Waals surface area contributed by atoms with Crippen molar-refractivity contribution in [3.8, 4) is 16.9 Å². The highest BCUT2D eigenvalue weighted by molar-refractivity contribution is 7.91. The van der Waals surface area contributed by atoms with Gasteiger partial charge in [0.2, 0.25) is 5.88 Å². The Balaban J connectivity index is 1.55. The van der Waals surface area contributed by atoms with Gasteiger partial charge >= 0.3 is 10.2 Å². The van der Waals surface area contributed by atoms with Gasteiger partial charge < -0.3 is 9.67 Å². The molecule has 7 nitrogen and oxygen atoms in total. The number of aliphatic hydroxyl groups is 1. The van der Waals surface area contributed by atoms with Crippen molar-refractivity contribution in [1.29, 1.82) is 0 Å². The fourth-order valence-electron chi connectivity index (χ4n) is 4.25. The van der Waals surface area contributed by atoms with Crippen molar-refractivity contribution < 1.29 is 13.5 Å². The molecule has 4 aromatic rings. The molecular weight excluding hydrogens is 567 g/mol. The van der Waals surface area contributed by atoms with Crippen LogP contribution in [0.15, 0.2) is 91.1 Å². The lowest BCUT2D eigenvalue weighted by Crippen LogP contribution is -2.29. The minimum atomic E-state index is -3.93. The molecule has 3 aromatic carbocycles. The van der Waals surface area contributed by atoms with Crippen LogP contribution in [-0.2, 0) is 16.6 Å². The summed E-state index contributed by atoms with van der Waals surface area (Å²) in [5.41, 5.74) is 4.69. The van der Waals surface area contributed by atoms with Crippen LogP contribution < -0.4 is 9.03 Å². The summed E-state index contributed by atoms with van der Waals surface area (Å²) in [7, 11) is -3.93. The maximum Gasteiger partial charge on any atom is 0.330 e. The van der Waals surface area contributed by atoms with Crippen molar-refractivity contribution in [3.63, 3.8) is 0 Å². The third kappa shape index (κ3) is 6.20. The van der Waals surface area contributed by atoms with Gasteiger partial charge in [-0.05, 0) is 52.9 Å². The smallest absolute Gasteiger partial charge is 0.330 e. The third-order valence-corrected chi connectivity index (χ3v) is 8.05. The van der Waals surface area contributed by atoms with E-state index in [0.29, 0.717) is 33.5 Å². The summed E-state index contributed by atoms with van der Waals surface area (Å²) in [6.45, 7) is 6.48. The van der Waals surface area contributed by atoms with Crippen molar-refractivity contribution in [3.05, 3.63) is 118 Å². The van der Waals surface area contributed by atoms with Crippen molar-refractivity contribution in [2.45, 2.75) is 27.2 Å². The highest BCUT2D eigenvalue weighted by Gasteiger charge is 2.29. The van der Waals surface area contributed by atoms with E-state index in [1.807, 2.05) is 22.9 Å². The first-order chi connectivity index (χ1) is 18.9. The van der Waals surface area contributed by atoms with E-state index in [9.17, 15) is 13.5 Å². The number of aromatic nitrogens is 2. The Bertz CT molecular complexity index is 1740. The highest BCUT2D eigenvalue weighted by Crippen LogP contribution is 2.32. The van der Waals surface area contributed by atoms with Gasteiger partial charge in [-0.2, -0.15) is 8.42 Å². The normalized spacial score (nSPS) is 14.9. The molecule has 2 heterocycles. The lowest BCUT2D eigenvalue weighted by atomic mass is 9.95. The molecule has 0 saturated heterocycles. The van der Waals surface area contributed by atoms with Crippen LogP contribution in [-0.4, -0.2) is 23.1 Å². The van der Waals surface area contributed by atoms with Gasteiger partial charge in [0.15, 0.2) is 0 Å². The second-order valence-corrected chi connectivity index (χ2v) is 13.0. The molecule has 0 spiro atoms. The summed E-state index contributed by atoms with van der Waals surface area (Å²) < 4.78 is 29.9. The Morgan fingerprint density at radius 3 is 2.38 bits per heavy atom. The van der Waals surface area contributed by atoms with Crippen LogP contribution in [0.25, 0.3) is 23.0 Å². The molecule has 0 amide bonds. The molecule has 40 heavy (non-hydrogen) atoms. The van der Waals surface area contributed by atoms with Crippen molar-refractivity contribution in [1.82, 2.24) is 14.3 Å². The number of benzene rings is 3. The van der Waals surface area contributed by atoms with Gasteiger partial charge in [0, 0.05) is 28.9 Å². The number of nitrogens with one attached hydrogen (secondary N) is 1. The number of anilines is 1. The predicted octanol–water partition coefficient (Wildman–Crippen LogP) is 7.51. The standard InChI is InChI=1S/C30H28Cl2N4O3S/c1-30(2,3)14-13-20-7-9-21(10-8-20)15-28-33-27(25-12-11-22(31)16-26(25)32)18-35(28)23-5-4-6-24(17-23)36-19-29(37)34-40(36,38)39/h4-14,16-19,34,37H,15H2,1-3H3. The number of hydrogen-bond donors (Lipinski definition) is 2. The van der Waals surface area contributed by atoms with E-state index in [0.717, 1.165) is 33.0 Å². The Morgan fingerprint density at radius 1 is 1.00 bits per heavy atom. The highest BCUT2D eigenvalue weighted by atomic mass is 35.5. The summed E-state index contributed by atoms with van der Waals surface area (Å²) >= 11 is 12.6. The second kappa shape index (κ2) is 10.7. The lowest BCUT2D eigenvalue weighted by Gasteiger charge is -2.16. The first-order valence-corrected chi connectivity index (χ1v) is 14.7. The van der Waals surface area contributed by atoms with E-state index in [1.54, 1.807) is 30.3 Å². The Labute approximate surface area is 244 Å². The monoisotopic (exact) mass is 594 g/mol. The quantitative estimate of drug-likeness (QED) is 0.242. The van der Waals surface area contributed by atoms with Gasteiger partial charge in [0.05, 0.1) is 22.6 Å². The summed E-state index contributed by atoms with van der Waals surface area (Å²) in [5.74, 6) is 0.283. The molecular formula is C30H28Cl2N4O3S. The van der Waals surface area contributed by atoms with Crippen LogP contribution in [0, 0.1) is 5.41 Å². The van der Waals surface area contributed by atoms with E-state index in [-0.39, 0.29) is 5.41 Å². The molecule has 0 bridgehead atoms. The minimum Gasteiger partial charge on any atom is -0.493 e. The van der Waals surface area contributed by atoms with E-state index in [2.05, 4.69) is 61.9 Å². The van der Waals surface area contributed by atoms with E-state index < -0.39 is 16.1 Å². The summed E-state index contributed by atoms with van der Waals surface area (Å²) in [5, 5.41) is 10.7. The van der Waals surface area contributed by atoms with Crippen LogP contribution >= 0.6 is 23.2 Å². The zero-order valence-electron chi connectivity index (χ0n) is 22.1. The lowest BCUT2D eigenvalue weighted by molar-refractivity contribution is 0.392. The average Bonchev–Trinajstić information content (AvgIpc) is 3.42. The molecule has 206 valence electrons. The molecule has 2 N–H and O–H groups in total. The van der Waals surface area contributed by atoms with Gasteiger partial charge in [-0.1, -0.05) is 86.5 Å². The summed E-state index contributed by atoms with van der Waals surface area (Å²) in [6.07, 6.45) is 7.80. The summed E-state index contributed by atoms with van der Waals surface area (Å²) in [4.78, 5) is 4.93. The average molecular weight is 596 g/mol.